The molecule has 0 bridgehead atoms. The Morgan fingerprint density at radius 1 is 0.970 bits per heavy atom. The van der Waals surface area contributed by atoms with Crippen molar-refractivity contribution in [2.75, 3.05) is 11.9 Å². The fraction of sp³-hybridized carbons (Fsp3) is 0.500. The molecule has 2 aromatic heterocycles. The zero-order chi connectivity index (χ0) is 22.6. The predicted octanol–water partition coefficient (Wildman–Crippen LogP) is 6.32. The smallest absolute Gasteiger partial charge is 0.269 e. The minimum Gasteiger partial charge on any atom is -0.457 e. The summed E-state index contributed by atoms with van der Waals surface area (Å²) in [6, 6.07) is 10.7. The maximum absolute atomic E-state index is 11.9. The summed E-state index contributed by atoms with van der Waals surface area (Å²) in [5.41, 5.74) is 1.37. The van der Waals surface area contributed by atoms with Gasteiger partial charge in [-0.05, 0) is 43.9 Å². The summed E-state index contributed by atoms with van der Waals surface area (Å²) < 4.78 is 7.21. The SMILES string of the molecule is CNC(=O)c1cc(Oc2ccc3nc(N(C4CCCCC4)C4CCCCC4)sc3c2)ccn1. The van der Waals surface area contributed by atoms with E-state index in [-0.39, 0.29) is 5.91 Å². The molecule has 6 nitrogen and oxygen atoms in total. The first-order valence-electron chi connectivity index (χ1n) is 12.3. The molecular formula is C26H32N4O2S. The van der Waals surface area contributed by atoms with Crippen molar-refractivity contribution < 1.29 is 9.53 Å². The van der Waals surface area contributed by atoms with E-state index in [0.717, 1.165) is 16.0 Å². The Balaban J connectivity index is 1.41. The first kappa shape index (κ1) is 22.1. The molecule has 2 heterocycles. The topological polar surface area (TPSA) is 67.3 Å². The van der Waals surface area contributed by atoms with Crippen LogP contribution in [0.25, 0.3) is 10.2 Å². The van der Waals surface area contributed by atoms with Crippen molar-refractivity contribution >= 4 is 32.6 Å². The van der Waals surface area contributed by atoms with Gasteiger partial charge in [-0.25, -0.2) is 4.98 Å². The molecule has 1 amide bonds. The molecule has 7 heteroatoms. The average molecular weight is 465 g/mol. The van der Waals surface area contributed by atoms with Gasteiger partial charge >= 0.3 is 0 Å². The van der Waals surface area contributed by atoms with Gasteiger partial charge in [-0.3, -0.25) is 9.78 Å². The molecule has 5 rings (SSSR count). The Labute approximate surface area is 199 Å². The first-order valence-corrected chi connectivity index (χ1v) is 13.1. The fourth-order valence-corrected chi connectivity index (χ4v) is 6.40. The Bertz CT molecular complexity index is 1080. The number of thiazole rings is 1. The second-order valence-electron chi connectivity index (χ2n) is 9.17. The number of carbonyl (C=O) groups excluding carboxylic acids is 1. The second-order valence-corrected chi connectivity index (χ2v) is 10.2. The predicted molar refractivity (Wildman–Crippen MR) is 134 cm³/mol. The molecule has 0 saturated heterocycles. The maximum atomic E-state index is 11.9. The molecule has 0 unspecified atom stereocenters. The molecule has 1 N–H and O–H groups in total. The Morgan fingerprint density at radius 2 is 1.64 bits per heavy atom. The van der Waals surface area contributed by atoms with E-state index in [0.29, 0.717) is 23.5 Å². The van der Waals surface area contributed by atoms with Crippen LogP contribution in [0.15, 0.2) is 36.5 Å². The van der Waals surface area contributed by atoms with Crippen LogP contribution in [-0.2, 0) is 0 Å². The zero-order valence-corrected chi connectivity index (χ0v) is 20.1. The largest absolute Gasteiger partial charge is 0.457 e. The van der Waals surface area contributed by atoms with Crippen LogP contribution in [0.2, 0.25) is 0 Å². The zero-order valence-electron chi connectivity index (χ0n) is 19.3. The van der Waals surface area contributed by atoms with E-state index < -0.39 is 0 Å². The van der Waals surface area contributed by atoms with Gasteiger partial charge in [-0.15, -0.1) is 0 Å². The molecule has 0 spiro atoms. The highest BCUT2D eigenvalue weighted by Gasteiger charge is 2.31. The summed E-state index contributed by atoms with van der Waals surface area (Å²) in [5.74, 6) is 1.11. The van der Waals surface area contributed by atoms with Gasteiger partial charge in [-0.2, -0.15) is 0 Å². The molecule has 0 aliphatic heterocycles. The van der Waals surface area contributed by atoms with Gasteiger partial charge in [0.1, 0.15) is 17.2 Å². The quantitative estimate of drug-likeness (QED) is 0.463. The number of nitrogens with zero attached hydrogens (tertiary/aromatic N) is 3. The van der Waals surface area contributed by atoms with Crippen molar-refractivity contribution in [3.8, 4) is 11.5 Å². The third-order valence-corrected chi connectivity index (χ3v) is 7.96. The summed E-state index contributed by atoms with van der Waals surface area (Å²) in [6.07, 6.45) is 14.8. The van der Waals surface area contributed by atoms with Gasteiger partial charge in [0.2, 0.25) is 0 Å². The van der Waals surface area contributed by atoms with Crippen molar-refractivity contribution in [3.05, 3.63) is 42.2 Å². The molecule has 2 saturated carbocycles. The van der Waals surface area contributed by atoms with E-state index in [1.54, 1.807) is 36.7 Å². The molecule has 2 aliphatic carbocycles. The first-order chi connectivity index (χ1) is 16.2. The van der Waals surface area contributed by atoms with Crippen LogP contribution in [-0.4, -0.2) is 35.0 Å². The number of amides is 1. The highest BCUT2D eigenvalue weighted by molar-refractivity contribution is 7.22. The lowest BCUT2D eigenvalue weighted by Gasteiger charge is -2.41. The van der Waals surface area contributed by atoms with Gasteiger partial charge in [0.05, 0.1) is 10.2 Å². The monoisotopic (exact) mass is 464 g/mol. The number of rotatable bonds is 6. The van der Waals surface area contributed by atoms with Gasteiger partial charge in [-0.1, -0.05) is 49.9 Å². The number of pyridine rings is 1. The van der Waals surface area contributed by atoms with E-state index in [1.807, 2.05) is 12.1 Å². The van der Waals surface area contributed by atoms with E-state index in [1.165, 1.54) is 69.3 Å². The van der Waals surface area contributed by atoms with Gasteiger partial charge < -0.3 is 15.0 Å². The number of carbonyl (C=O) groups is 1. The lowest BCUT2D eigenvalue weighted by atomic mass is 9.89. The van der Waals surface area contributed by atoms with E-state index in [9.17, 15) is 4.79 Å². The summed E-state index contributed by atoms with van der Waals surface area (Å²) in [7, 11) is 1.59. The highest BCUT2D eigenvalue weighted by Crippen LogP contribution is 2.39. The average Bonchev–Trinajstić information content (AvgIpc) is 3.28. The number of benzene rings is 1. The number of nitrogens with one attached hydrogen (secondary N) is 1. The van der Waals surface area contributed by atoms with Crippen LogP contribution in [0.3, 0.4) is 0 Å². The van der Waals surface area contributed by atoms with Crippen LogP contribution in [0.1, 0.15) is 74.7 Å². The van der Waals surface area contributed by atoms with Crippen LogP contribution in [0.4, 0.5) is 5.13 Å². The Kier molecular flexibility index (Phi) is 6.76. The minimum absolute atomic E-state index is 0.228. The Hall–Kier alpha value is -2.67. The van der Waals surface area contributed by atoms with Crippen LogP contribution in [0, 0.1) is 0 Å². The lowest BCUT2D eigenvalue weighted by Crippen LogP contribution is -2.45. The molecular weight excluding hydrogens is 432 g/mol. The van der Waals surface area contributed by atoms with Gasteiger partial charge in [0.25, 0.3) is 5.91 Å². The minimum atomic E-state index is -0.228. The molecule has 2 fully saturated rings. The molecule has 0 radical (unpaired) electrons. The van der Waals surface area contributed by atoms with Crippen LogP contribution < -0.4 is 15.0 Å². The highest BCUT2D eigenvalue weighted by atomic mass is 32.1. The fourth-order valence-electron chi connectivity index (χ4n) is 5.26. The number of anilines is 1. The molecule has 0 atom stereocenters. The number of aromatic nitrogens is 2. The number of ether oxygens (including phenoxy) is 1. The van der Waals surface area contributed by atoms with Crippen molar-refractivity contribution in [2.45, 2.75) is 76.3 Å². The van der Waals surface area contributed by atoms with Gasteiger partial charge in [0.15, 0.2) is 5.13 Å². The molecule has 174 valence electrons. The Morgan fingerprint density at radius 3 is 2.30 bits per heavy atom. The second kappa shape index (κ2) is 10.1. The van der Waals surface area contributed by atoms with Crippen molar-refractivity contribution in [1.82, 2.24) is 15.3 Å². The molecule has 2 aliphatic rings. The summed E-state index contributed by atoms with van der Waals surface area (Å²) >= 11 is 1.79. The van der Waals surface area contributed by atoms with Crippen molar-refractivity contribution in [3.63, 3.8) is 0 Å². The van der Waals surface area contributed by atoms with Crippen LogP contribution >= 0.6 is 11.3 Å². The maximum Gasteiger partial charge on any atom is 0.269 e. The summed E-state index contributed by atoms with van der Waals surface area (Å²) in [6.45, 7) is 0. The van der Waals surface area contributed by atoms with E-state index in [4.69, 9.17) is 9.72 Å². The third-order valence-electron chi connectivity index (χ3n) is 6.93. The summed E-state index contributed by atoms with van der Waals surface area (Å²) in [4.78, 5) is 23.8. The summed E-state index contributed by atoms with van der Waals surface area (Å²) in [5, 5.41) is 3.77. The van der Waals surface area contributed by atoms with E-state index >= 15 is 0 Å². The lowest BCUT2D eigenvalue weighted by molar-refractivity contribution is 0.0958. The normalized spacial score (nSPS) is 17.7. The molecule has 3 aromatic rings. The van der Waals surface area contributed by atoms with Crippen molar-refractivity contribution in [2.24, 2.45) is 0 Å². The third kappa shape index (κ3) is 4.98. The van der Waals surface area contributed by atoms with Crippen molar-refractivity contribution in [1.29, 1.82) is 0 Å². The number of hydrogen-bond acceptors (Lipinski definition) is 6. The number of hydrogen-bond donors (Lipinski definition) is 1. The number of fused-ring (bicyclic) bond motifs is 1. The van der Waals surface area contributed by atoms with Gasteiger partial charge in [0, 0.05) is 37.5 Å². The van der Waals surface area contributed by atoms with E-state index in [2.05, 4.69) is 21.3 Å². The standard InChI is InChI=1S/C26H32N4O2S/c1-27-25(31)23-16-21(14-15-28-23)32-20-12-13-22-24(17-20)33-26(29-22)30(18-8-4-2-5-9-18)19-10-6-3-7-11-19/h12-19H,2-11H2,1H3,(H,27,31). The molecule has 1 aromatic carbocycles. The van der Waals surface area contributed by atoms with Crippen LogP contribution in [0.5, 0.6) is 11.5 Å². The molecule has 33 heavy (non-hydrogen) atoms.